The molecule has 0 atom stereocenters. The van der Waals surface area contributed by atoms with E-state index in [1.807, 2.05) is 36.4 Å². The van der Waals surface area contributed by atoms with Crippen LogP contribution in [-0.2, 0) is 20.9 Å². The lowest BCUT2D eigenvalue weighted by Crippen LogP contribution is -2.48. The van der Waals surface area contributed by atoms with Crippen LogP contribution in [0, 0.1) is 0 Å². The molecule has 1 N–H and O–H groups in total. The smallest absolute Gasteiger partial charge is 0.326 e. The highest BCUT2D eigenvalue weighted by Gasteiger charge is 2.51. The largest absolute Gasteiger partial charge is 0.497 e. The summed E-state index contributed by atoms with van der Waals surface area (Å²) in [5.74, 6) is -0.129. The Bertz CT molecular complexity index is 965. The Morgan fingerprint density at radius 2 is 1.79 bits per heavy atom. The van der Waals surface area contributed by atoms with Gasteiger partial charge in [-0.1, -0.05) is 37.5 Å². The number of amides is 3. The van der Waals surface area contributed by atoms with Gasteiger partial charge in [0.05, 0.1) is 7.11 Å². The normalized spacial score (nSPS) is 18.2. The van der Waals surface area contributed by atoms with Crippen molar-refractivity contribution < 1.29 is 23.9 Å². The van der Waals surface area contributed by atoms with Crippen LogP contribution < -0.4 is 10.1 Å². The monoisotopic (exact) mass is 396 g/mol. The van der Waals surface area contributed by atoms with Crippen LogP contribution in [0.2, 0.25) is 0 Å². The second-order valence-corrected chi connectivity index (χ2v) is 7.67. The van der Waals surface area contributed by atoms with E-state index in [4.69, 9.17) is 9.47 Å². The maximum absolute atomic E-state index is 12.7. The van der Waals surface area contributed by atoms with Crippen LogP contribution in [0.5, 0.6) is 5.75 Å². The Hall–Kier alpha value is -3.09. The Balaban J connectivity index is 1.37. The minimum atomic E-state index is -0.824. The Labute approximate surface area is 169 Å². The molecule has 1 aliphatic carbocycles. The van der Waals surface area contributed by atoms with E-state index in [2.05, 4.69) is 5.32 Å². The van der Waals surface area contributed by atoms with Crippen LogP contribution in [0.25, 0.3) is 10.8 Å². The van der Waals surface area contributed by atoms with Crippen molar-refractivity contribution in [3.05, 3.63) is 42.0 Å². The van der Waals surface area contributed by atoms with Crippen LogP contribution >= 0.6 is 0 Å². The first-order valence-electron chi connectivity index (χ1n) is 9.87. The van der Waals surface area contributed by atoms with Crippen molar-refractivity contribution in [2.24, 2.45) is 0 Å². The van der Waals surface area contributed by atoms with Gasteiger partial charge in [-0.25, -0.2) is 4.79 Å². The molecular weight excluding hydrogens is 372 g/mol. The zero-order chi connectivity index (χ0) is 20.4. The highest BCUT2D eigenvalue weighted by atomic mass is 16.5. The number of nitrogens with zero attached hydrogens (tertiary/aromatic N) is 1. The number of carbonyl (C=O) groups is 3. The van der Waals surface area contributed by atoms with Gasteiger partial charge in [-0.3, -0.25) is 14.5 Å². The van der Waals surface area contributed by atoms with Crippen LogP contribution in [0.4, 0.5) is 4.79 Å². The van der Waals surface area contributed by atoms with Crippen molar-refractivity contribution in [1.82, 2.24) is 10.2 Å². The van der Waals surface area contributed by atoms with E-state index in [-0.39, 0.29) is 19.1 Å². The van der Waals surface area contributed by atoms with Crippen LogP contribution in [0.3, 0.4) is 0 Å². The maximum Gasteiger partial charge on any atom is 0.326 e. The van der Waals surface area contributed by atoms with Gasteiger partial charge >= 0.3 is 12.0 Å². The van der Waals surface area contributed by atoms with E-state index in [9.17, 15) is 14.4 Å². The van der Waals surface area contributed by atoms with Crippen molar-refractivity contribution in [1.29, 1.82) is 0 Å². The van der Waals surface area contributed by atoms with Crippen LogP contribution in [-0.4, -0.2) is 42.0 Å². The average molecular weight is 396 g/mol. The maximum atomic E-state index is 12.7. The van der Waals surface area contributed by atoms with Crippen LogP contribution in [0.15, 0.2) is 36.4 Å². The Kier molecular flexibility index (Phi) is 5.13. The number of urea groups is 1. The third kappa shape index (κ3) is 3.77. The molecule has 1 heterocycles. The first kappa shape index (κ1) is 19.2. The zero-order valence-corrected chi connectivity index (χ0v) is 16.4. The molecule has 1 aliphatic heterocycles. The number of fused-ring (bicyclic) bond motifs is 1. The number of esters is 1. The molecule has 2 aliphatic rings. The first-order chi connectivity index (χ1) is 14.0. The van der Waals surface area contributed by atoms with Gasteiger partial charge in [0.1, 0.15) is 24.4 Å². The highest BCUT2D eigenvalue weighted by Crippen LogP contribution is 2.33. The number of imide groups is 1. The summed E-state index contributed by atoms with van der Waals surface area (Å²) in [6.45, 7) is -0.285. The van der Waals surface area contributed by atoms with E-state index >= 15 is 0 Å². The number of hydrogen-bond acceptors (Lipinski definition) is 5. The molecule has 0 bridgehead atoms. The molecule has 2 aromatic rings. The predicted octanol–water partition coefficient (Wildman–Crippen LogP) is 3.15. The molecule has 7 heteroatoms. The van der Waals surface area contributed by atoms with E-state index in [0.717, 1.165) is 46.2 Å². The molecular formula is C22H24N2O5. The van der Waals surface area contributed by atoms with Crippen LogP contribution in [0.1, 0.15) is 37.7 Å². The SMILES string of the molecule is COc1ccc2cc(COC(=O)CN3C(=O)NC4(CCCCC4)C3=O)ccc2c1. The van der Waals surface area contributed by atoms with Gasteiger partial charge in [0.25, 0.3) is 5.91 Å². The number of hydrogen-bond donors (Lipinski definition) is 1. The van der Waals surface area contributed by atoms with Gasteiger partial charge in [0.15, 0.2) is 0 Å². The fourth-order valence-electron chi connectivity index (χ4n) is 4.14. The Morgan fingerprint density at radius 1 is 1.07 bits per heavy atom. The molecule has 2 fully saturated rings. The molecule has 152 valence electrons. The standard InChI is InChI=1S/C22H24N2O5/c1-28-18-8-7-16-11-15(5-6-17(16)12-18)14-29-19(25)13-24-20(26)22(23-21(24)27)9-3-2-4-10-22/h5-8,11-12H,2-4,9-10,13-14H2,1H3,(H,23,27). The van der Waals surface area contributed by atoms with E-state index < -0.39 is 17.5 Å². The van der Waals surface area contributed by atoms with E-state index in [0.29, 0.717) is 12.8 Å². The van der Waals surface area contributed by atoms with Crippen molar-refractivity contribution in [2.45, 2.75) is 44.2 Å². The molecule has 2 aromatic carbocycles. The summed E-state index contributed by atoms with van der Waals surface area (Å²) in [4.78, 5) is 38.2. The molecule has 0 radical (unpaired) electrons. The molecule has 1 saturated heterocycles. The van der Waals surface area contributed by atoms with Crippen molar-refractivity contribution in [3.63, 3.8) is 0 Å². The summed E-state index contributed by atoms with van der Waals surface area (Å²) < 4.78 is 10.5. The second-order valence-electron chi connectivity index (χ2n) is 7.67. The van der Waals surface area contributed by atoms with Crippen molar-refractivity contribution >= 4 is 28.7 Å². The van der Waals surface area contributed by atoms with Gasteiger partial charge in [0.2, 0.25) is 0 Å². The molecule has 4 rings (SSSR count). The molecule has 0 unspecified atom stereocenters. The predicted molar refractivity (Wildman–Crippen MR) is 106 cm³/mol. The van der Waals surface area contributed by atoms with Gasteiger partial charge in [-0.15, -0.1) is 0 Å². The highest BCUT2D eigenvalue weighted by molar-refractivity contribution is 6.08. The molecule has 1 saturated carbocycles. The third-order valence-electron chi connectivity index (χ3n) is 5.75. The minimum Gasteiger partial charge on any atom is -0.497 e. The summed E-state index contributed by atoms with van der Waals surface area (Å²) in [6, 6.07) is 11.0. The lowest BCUT2D eigenvalue weighted by atomic mass is 9.82. The van der Waals surface area contributed by atoms with Gasteiger partial charge in [0, 0.05) is 0 Å². The lowest BCUT2D eigenvalue weighted by Gasteiger charge is -2.30. The fourth-order valence-corrected chi connectivity index (χ4v) is 4.14. The van der Waals surface area contributed by atoms with Gasteiger partial charge in [-0.2, -0.15) is 0 Å². The van der Waals surface area contributed by atoms with Crippen molar-refractivity contribution in [3.8, 4) is 5.75 Å². The lowest BCUT2D eigenvalue weighted by molar-refractivity contribution is -0.149. The molecule has 0 aromatic heterocycles. The summed E-state index contributed by atoms with van der Waals surface area (Å²) in [5, 5.41) is 4.83. The minimum absolute atomic E-state index is 0.0790. The average Bonchev–Trinajstić information content (AvgIpc) is 2.96. The number of rotatable bonds is 5. The summed E-state index contributed by atoms with van der Waals surface area (Å²) >= 11 is 0. The molecule has 1 spiro atoms. The summed E-state index contributed by atoms with van der Waals surface area (Å²) in [7, 11) is 1.62. The summed E-state index contributed by atoms with van der Waals surface area (Å²) in [5.41, 5.74) is 0.00614. The first-order valence-corrected chi connectivity index (χ1v) is 9.87. The van der Waals surface area contributed by atoms with E-state index in [1.54, 1.807) is 7.11 Å². The van der Waals surface area contributed by atoms with Crippen molar-refractivity contribution in [2.75, 3.05) is 13.7 Å². The quantitative estimate of drug-likeness (QED) is 0.620. The Morgan fingerprint density at radius 3 is 2.55 bits per heavy atom. The van der Waals surface area contributed by atoms with E-state index in [1.165, 1.54) is 0 Å². The number of nitrogens with one attached hydrogen (secondary N) is 1. The topological polar surface area (TPSA) is 84.9 Å². The third-order valence-corrected chi connectivity index (χ3v) is 5.75. The molecule has 29 heavy (non-hydrogen) atoms. The summed E-state index contributed by atoms with van der Waals surface area (Å²) in [6.07, 6.45) is 4.12. The van der Waals surface area contributed by atoms with Gasteiger partial charge < -0.3 is 14.8 Å². The number of benzene rings is 2. The zero-order valence-electron chi connectivity index (χ0n) is 16.4. The second kappa shape index (κ2) is 7.73. The van der Waals surface area contributed by atoms with Gasteiger partial charge in [-0.05, 0) is 47.4 Å². The molecule has 3 amide bonds. The number of ether oxygens (including phenoxy) is 2. The number of methoxy groups -OCH3 is 1. The molecule has 7 nitrogen and oxygen atoms in total. The fraction of sp³-hybridized carbons (Fsp3) is 0.409. The number of carbonyl (C=O) groups excluding carboxylic acids is 3.